The maximum absolute atomic E-state index is 11.2. The van der Waals surface area contributed by atoms with E-state index in [1.165, 1.54) is 17.8 Å². The van der Waals surface area contributed by atoms with E-state index in [0.717, 1.165) is 27.0 Å². The van der Waals surface area contributed by atoms with E-state index in [2.05, 4.69) is 23.4 Å². The standard InChI is InChI=1S/C21H24N4O3S/c1-15(2)20-21(29-18-6-3-5-17(13-18)25(27)28)24(19(23-20)7-4-12-26)14-16-8-10-22-11-9-16/h3,5-6,8-11,13,15,26H,4,7,12,14H2,1-2H3. The molecule has 1 N–H and O–H groups in total. The van der Waals surface area contributed by atoms with Crippen LogP contribution in [0.1, 0.15) is 43.3 Å². The number of nitro groups is 1. The fourth-order valence-corrected chi connectivity index (χ4v) is 4.24. The molecule has 29 heavy (non-hydrogen) atoms. The van der Waals surface area contributed by atoms with E-state index >= 15 is 0 Å². The lowest BCUT2D eigenvalue weighted by Gasteiger charge is -2.13. The van der Waals surface area contributed by atoms with Gasteiger partial charge in [0.15, 0.2) is 0 Å². The number of hydrogen-bond donors (Lipinski definition) is 1. The molecule has 0 fully saturated rings. The third-order valence-corrected chi connectivity index (χ3v) is 5.58. The summed E-state index contributed by atoms with van der Waals surface area (Å²) in [5.41, 5.74) is 2.13. The zero-order valence-electron chi connectivity index (χ0n) is 16.5. The molecule has 3 rings (SSSR count). The van der Waals surface area contributed by atoms with E-state index in [1.807, 2.05) is 18.2 Å². The average molecular weight is 413 g/mol. The minimum absolute atomic E-state index is 0.0711. The van der Waals surface area contributed by atoms with Crippen molar-refractivity contribution in [1.29, 1.82) is 0 Å². The van der Waals surface area contributed by atoms with Crippen LogP contribution in [0, 0.1) is 10.1 Å². The van der Waals surface area contributed by atoms with Crippen LogP contribution in [0.3, 0.4) is 0 Å². The van der Waals surface area contributed by atoms with Crippen molar-refractivity contribution in [2.75, 3.05) is 6.61 Å². The molecule has 3 aromatic rings. The zero-order chi connectivity index (χ0) is 20.8. The summed E-state index contributed by atoms with van der Waals surface area (Å²) in [6.45, 7) is 4.91. The first kappa shape index (κ1) is 21.0. The molecule has 152 valence electrons. The molecule has 0 aliphatic carbocycles. The maximum atomic E-state index is 11.2. The molecule has 0 bridgehead atoms. The van der Waals surface area contributed by atoms with Crippen molar-refractivity contribution in [3.8, 4) is 0 Å². The number of non-ortho nitro benzene ring substituents is 1. The fraction of sp³-hybridized carbons (Fsp3) is 0.333. The number of imidazole rings is 1. The Morgan fingerprint density at radius 3 is 2.66 bits per heavy atom. The Labute approximate surface area is 174 Å². The molecular weight excluding hydrogens is 388 g/mol. The van der Waals surface area contributed by atoms with Gasteiger partial charge in [-0.05, 0) is 36.1 Å². The molecular formula is C21H24N4O3S. The molecule has 1 aromatic carbocycles. The number of hydrogen-bond acceptors (Lipinski definition) is 6. The molecule has 0 spiro atoms. The first-order chi connectivity index (χ1) is 14.0. The van der Waals surface area contributed by atoms with Gasteiger partial charge in [-0.15, -0.1) is 0 Å². The first-order valence-corrected chi connectivity index (χ1v) is 10.3. The number of nitrogens with zero attached hydrogens (tertiary/aromatic N) is 4. The molecule has 8 heteroatoms. The summed E-state index contributed by atoms with van der Waals surface area (Å²) >= 11 is 1.49. The number of benzene rings is 1. The van der Waals surface area contributed by atoms with Crippen molar-refractivity contribution in [3.05, 3.63) is 76.0 Å². The monoisotopic (exact) mass is 412 g/mol. The SMILES string of the molecule is CC(C)c1nc(CCCO)n(Cc2ccncc2)c1Sc1cccc([N+](=O)[O-])c1. The second-order valence-electron chi connectivity index (χ2n) is 7.00. The molecule has 0 radical (unpaired) electrons. The molecule has 0 amide bonds. The number of aromatic nitrogens is 3. The van der Waals surface area contributed by atoms with E-state index < -0.39 is 0 Å². The number of nitro benzene ring substituents is 1. The highest BCUT2D eigenvalue weighted by molar-refractivity contribution is 7.99. The summed E-state index contributed by atoms with van der Waals surface area (Å²) in [6, 6.07) is 10.6. The highest BCUT2D eigenvalue weighted by Gasteiger charge is 2.21. The molecule has 0 atom stereocenters. The van der Waals surface area contributed by atoms with Gasteiger partial charge in [-0.1, -0.05) is 31.7 Å². The van der Waals surface area contributed by atoms with Crippen LogP contribution in [-0.2, 0) is 13.0 Å². The van der Waals surface area contributed by atoms with Crippen molar-refractivity contribution >= 4 is 17.4 Å². The Morgan fingerprint density at radius 2 is 2.00 bits per heavy atom. The Morgan fingerprint density at radius 1 is 1.24 bits per heavy atom. The first-order valence-electron chi connectivity index (χ1n) is 9.51. The largest absolute Gasteiger partial charge is 0.396 e. The molecule has 2 heterocycles. The van der Waals surface area contributed by atoms with E-state index in [4.69, 9.17) is 4.98 Å². The maximum Gasteiger partial charge on any atom is 0.270 e. The summed E-state index contributed by atoms with van der Waals surface area (Å²) in [4.78, 5) is 20.5. The molecule has 0 saturated heterocycles. The van der Waals surface area contributed by atoms with E-state index in [9.17, 15) is 15.2 Å². The summed E-state index contributed by atoms with van der Waals surface area (Å²) in [7, 11) is 0. The molecule has 0 unspecified atom stereocenters. The van der Waals surface area contributed by atoms with Gasteiger partial charge >= 0.3 is 0 Å². The molecule has 2 aromatic heterocycles. The van der Waals surface area contributed by atoms with Crippen molar-refractivity contribution in [1.82, 2.24) is 14.5 Å². The highest BCUT2D eigenvalue weighted by atomic mass is 32.2. The van der Waals surface area contributed by atoms with E-state index in [1.54, 1.807) is 24.5 Å². The molecule has 7 nitrogen and oxygen atoms in total. The van der Waals surface area contributed by atoms with Crippen LogP contribution in [0.4, 0.5) is 5.69 Å². The lowest BCUT2D eigenvalue weighted by Crippen LogP contribution is -2.07. The second-order valence-corrected chi connectivity index (χ2v) is 8.06. The summed E-state index contributed by atoms with van der Waals surface area (Å²) in [5.74, 6) is 1.11. The van der Waals surface area contributed by atoms with Crippen LogP contribution in [0.25, 0.3) is 0 Å². The Balaban J connectivity index is 2.05. The Hall–Kier alpha value is -2.71. The van der Waals surface area contributed by atoms with Gasteiger partial charge in [-0.2, -0.15) is 0 Å². The highest BCUT2D eigenvalue weighted by Crippen LogP contribution is 2.36. The van der Waals surface area contributed by atoms with Gasteiger partial charge in [-0.3, -0.25) is 15.1 Å². The van der Waals surface area contributed by atoms with Crippen LogP contribution >= 0.6 is 11.8 Å². The van der Waals surface area contributed by atoms with Crippen LogP contribution in [0.2, 0.25) is 0 Å². The third-order valence-electron chi connectivity index (χ3n) is 4.46. The van der Waals surface area contributed by atoms with Gasteiger partial charge in [0.25, 0.3) is 5.69 Å². The molecule has 0 aliphatic heterocycles. The minimum Gasteiger partial charge on any atom is -0.396 e. The predicted molar refractivity (Wildman–Crippen MR) is 112 cm³/mol. The number of aliphatic hydroxyl groups excluding tert-OH is 1. The normalized spacial score (nSPS) is 11.2. The summed E-state index contributed by atoms with van der Waals surface area (Å²) < 4.78 is 2.16. The van der Waals surface area contributed by atoms with Crippen LogP contribution in [0.15, 0.2) is 58.7 Å². The van der Waals surface area contributed by atoms with E-state index in [-0.39, 0.29) is 23.1 Å². The smallest absolute Gasteiger partial charge is 0.270 e. The third kappa shape index (κ3) is 5.21. The van der Waals surface area contributed by atoms with Gasteiger partial charge < -0.3 is 9.67 Å². The van der Waals surface area contributed by atoms with Crippen LogP contribution in [0.5, 0.6) is 0 Å². The molecule has 0 aliphatic rings. The quantitative estimate of drug-likeness (QED) is 0.413. The lowest BCUT2D eigenvalue weighted by atomic mass is 10.1. The average Bonchev–Trinajstić information content (AvgIpc) is 3.05. The number of rotatable bonds is 9. The summed E-state index contributed by atoms with van der Waals surface area (Å²) in [5, 5.41) is 21.4. The zero-order valence-corrected chi connectivity index (χ0v) is 17.3. The predicted octanol–water partition coefficient (Wildman–Crippen LogP) is 4.43. The minimum atomic E-state index is -0.381. The van der Waals surface area contributed by atoms with Gasteiger partial charge in [0.05, 0.1) is 10.6 Å². The van der Waals surface area contributed by atoms with Gasteiger partial charge in [0, 0.05) is 49.0 Å². The van der Waals surface area contributed by atoms with Gasteiger partial charge in [-0.25, -0.2) is 4.98 Å². The van der Waals surface area contributed by atoms with Crippen molar-refractivity contribution in [2.24, 2.45) is 0 Å². The van der Waals surface area contributed by atoms with Gasteiger partial charge in [0.2, 0.25) is 0 Å². The summed E-state index contributed by atoms with van der Waals surface area (Å²) in [6.07, 6.45) is 4.81. The fourth-order valence-electron chi connectivity index (χ4n) is 3.02. The van der Waals surface area contributed by atoms with Crippen molar-refractivity contribution in [2.45, 2.75) is 49.1 Å². The van der Waals surface area contributed by atoms with Crippen LogP contribution in [-0.4, -0.2) is 31.2 Å². The van der Waals surface area contributed by atoms with Gasteiger partial charge in [0.1, 0.15) is 10.9 Å². The lowest BCUT2D eigenvalue weighted by molar-refractivity contribution is -0.385. The topological polar surface area (TPSA) is 94.1 Å². The van der Waals surface area contributed by atoms with Crippen LogP contribution < -0.4 is 0 Å². The number of aryl methyl sites for hydroxylation is 1. The number of pyridine rings is 1. The van der Waals surface area contributed by atoms with E-state index in [0.29, 0.717) is 19.4 Å². The Bertz CT molecular complexity index is 973. The Kier molecular flexibility index (Phi) is 7.00. The van der Waals surface area contributed by atoms with Crippen molar-refractivity contribution in [3.63, 3.8) is 0 Å². The van der Waals surface area contributed by atoms with Crippen molar-refractivity contribution < 1.29 is 10.0 Å². The number of aliphatic hydroxyl groups is 1. The molecule has 0 saturated carbocycles. The second kappa shape index (κ2) is 9.67.